The molecule has 2 aromatic rings. The maximum atomic E-state index is 11.9. The van der Waals surface area contributed by atoms with Crippen LogP contribution >= 0.6 is 11.6 Å². The van der Waals surface area contributed by atoms with Crippen molar-refractivity contribution in [2.24, 2.45) is 0 Å². The number of benzene rings is 2. The highest BCUT2D eigenvalue weighted by atomic mass is 35.5. The average Bonchev–Trinajstić information content (AvgIpc) is 2.38. The number of hydrogen-bond donors (Lipinski definition) is 1. The Morgan fingerprint density at radius 2 is 1.71 bits per heavy atom. The van der Waals surface area contributed by atoms with Gasteiger partial charge < -0.3 is 10.1 Å². The molecular weight excluding hydrogens is 286 g/mol. The predicted octanol–water partition coefficient (Wildman–Crippen LogP) is 4.28. The maximum absolute atomic E-state index is 11.9. The molecule has 0 spiro atoms. The van der Waals surface area contributed by atoms with Crippen molar-refractivity contribution in [2.75, 3.05) is 11.9 Å². The number of anilines is 1. The Labute approximate surface area is 129 Å². The first-order chi connectivity index (χ1) is 9.94. The number of carbonyl (C=O) groups excluding carboxylic acids is 1. The molecule has 0 fully saturated rings. The van der Waals surface area contributed by atoms with E-state index in [4.69, 9.17) is 16.3 Å². The van der Waals surface area contributed by atoms with Gasteiger partial charge in [0.25, 0.3) is 5.91 Å². The molecule has 0 saturated carbocycles. The standard InChI is InChI=1S/C17H18ClNO2/c1-11-4-5-15(18)16(9-11)21-10-17(20)19-14-7-12(2)6-13(3)8-14/h4-9H,10H2,1-3H3,(H,19,20). The van der Waals surface area contributed by atoms with E-state index in [9.17, 15) is 4.79 Å². The van der Waals surface area contributed by atoms with Gasteiger partial charge in [0.15, 0.2) is 6.61 Å². The van der Waals surface area contributed by atoms with Crippen LogP contribution in [0, 0.1) is 20.8 Å². The largest absolute Gasteiger partial charge is 0.482 e. The molecule has 1 amide bonds. The Bertz CT molecular complexity index is 648. The van der Waals surface area contributed by atoms with E-state index < -0.39 is 0 Å². The molecule has 0 radical (unpaired) electrons. The van der Waals surface area contributed by atoms with E-state index in [1.54, 1.807) is 6.07 Å². The third kappa shape index (κ3) is 4.50. The van der Waals surface area contributed by atoms with Gasteiger partial charge in [-0.3, -0.25) is 4.79 Å². The van der Waals surface area contributed by atoms with E-state index in [-0.39, 0.29) is 12.5 Å². The molecule has 0 aliphatic rings. The van der Waals surface area contributed by atoms with Crippen LogP contribution in [0.3, 0.4) is 0 Å². The van der Waals surface area contributed by atoms with Gasteiger partial charge in [0.05, 0.1) is 5.02 Å². The molecule has 0 bridgehead atoms. The second-order valence-electron chi connectivity index (χ2n) is 5.15. The molecular formula is C17H18ClNO2. The van der Waals surface area contributed by atoms with Crippen molar-refractivity contribution in [1.29, 1.82) is 0 Å². The van der Waals surface area contributed by atoms with Crippen LogP contribution in [0.2, 0.25) is 5.02 Å². The third-order valence-corrected chi connectivity index (χ3v) is 3.26. The monoisotopic (exact) mass is 303 g/mol. The second-order valence-corrected chi connectivity index (χ2v) is 5.55. The first kappa shape index (κ1) is 15.4. The van der Waals surface area contributed by atoms with E-state index in [0.29, 0.717) is 10.8 Å². The molecule has 2 rings (SSSR count). The molecule has 1 N–H and O–H groups in total. The highest BCUT2D eigenvalue weighted by molar-refractivity contribution is 6.32. The molecule has 0 aliphatic heterocycles. The van der Waals surface area contributed by atoms with Crippen LogP contribution in [0.15, 0.2) is 36.4 Å². The molecule has 0 heterocycles. The van der Waals surface area contributed by atoms with Crippen molar-refractivity contribution < 1.29 is 9.53 Å². The van der Waals surface area contributed by atoms with E-state index >= 15 is 0 Å². The van der Waals surface area contributed by atoms with Gasteiger partial charge in [-0.1, -0.05) is 23.7 Å². The smallest absolute Gasteiger partial charge is 0.262 e. The first-order valence-corrected chi connectivity index (χ1v) is 7.09. The van der Waals surface area contributed by atoms with Gasteiger partial charge in [-0.15, -0.1) is 0 Å². The van der Waals surface area contributed by atoms with Crippen LogP contribution in [-0.2, 0) is 4.79 Å². The number of amides is 1. The SMILES string of the molecule is Cc1cc(C)cc(NC(=O)COc2cc(C)ccc2Cl)c1. The van der Waals surface area contributed by atoms with Crippen molar-refractivity contribution >= 4 is 23.2 Å². The van der Waals surface area contributed by atoms with Crippen molar-refractivity contribution in [3.05, 3.63) is 58.1 Å². The van der Waals surface area contributed by atoms with Gasteiger partial charge in [-0.25, -0.2) is 0 Å². The van der Waals surface area contributed by atoms with Crippen LogP contribution in [-0.4, -0.2) is 12.5 Å². The van der Waals surface area contributed by atoms with Crippen molar-refractivity contribution in [3.8, 4) is 5.75 Å². The number of carbonyl (C=O) groups is 1. The zero-order valence-corrected chi connectivity index (χ0v) is 13.1. The fourth-order valence-corrected chi connectivity index (χ4v) is 2.28. The van der Waals surface area contributed by atoms with Crippen LogP contribution in [0.4, 0.5) is 5.69 Å². The van der Waals surface area contributed by atoms with Crippen molar-refractivity contribution in [3.63, 3.8) is 0 Å². The van der Waals surface area contributed by atoms with Gasteiger partial charge in [0, 0.05) is 5.69 Å². The molecule has 0 atom stereocenters. The van der Waals surface area contributed by atoms with Crippen LogP contribution < -0.4 is 10.1 Å². The van der Waals surface area contributed by atoms with Crippen LogP contribution in [0.25, 0.3) is 0 Å². The van der Waals surface area contributed by atoms with E-state index in [1.165, 1.54) is 0 Å². The number of halogens is 1. The first-order valence-electron chi connectivity index (χ1n) is 6.71. The van der Waals surface area contributed by atoms with Gasteiger partial charge in [0.1, 0.15) is 5.75 Å². The summed E-state index contributed by atoms with van der Waals surface area (Å²) in [7, 11) is 0. The van der Waals surface area contributed by atoms with Gasteiger partial charge >= 0.3 is 0 Å². The molecule has 0 saturated heterocycles. The number of hydrogen-bond acceptors (Lipinski definition) is 2. The Morgan fingerprint density at radius 3 is 2.38 bits per heavy atom. The zero-order valence-electron chi connectivity index (χ0n) is 12.4. The lowest BCUT2D eigenvalue weighted by atomic mass is 10.1. The number of aryl methyl sites for hydroxylation is 3. The average molecular weight is 304 g/mol. The van der Waals surface area contributed by atoms with E-state index in [2.05, 4.69) is 11.4 Å². The minimum Gasteiger partial charge on any atom is -0.482 e. The molecule has 0 unspecified atom stereocenters. The Balaban J connectivity index is 1.97. The summed E-state index contributed by atoms with van der Waals surface area (Å²) in [5.74, 6) is 0.310. The highest BCUT2D eigenvalue weighted by Gasteiger charge is 2.07. The summed E-state index contributed by atoms with van der Waals surface area (Å²) >= 11 is 6.02. The summed E-state index contributed by atoms with van der Waals surface area (Å²) in [4.78, 5) is 11.9. The summed E-state index contributed by atoms with van der Waals surface area (Å²) in [6.07, 6.45) is 0. The summed E-state index contributed by atoms with van der Waals surface area (Å²) in [6, 6.07) is 11.4. The minimum absolute atomic E-state index is 0.0733. The highest BCUT2D eigenvalue weighted by Crippen LogP contribution is 2.25. The summed E-state index contributed by atoms with van der Waals surface area (Å²) in [6.45, 7) is 5.85. The summed E-state index contributed by atoms with van der Waals surface area (Å²) in [5, 5.41) is 3.32. The van der Waals surface area contributed by atoms with Crippen LogP contribution in [0.5, 0.6) is 5.75 Å². The molecule has 21 heavy (non-hydrogen) atoms. The Morgan fingerprint density at radius 1 is 1.05 bits per heavy atom. The lowest BCUT2D eigenvalue weighted by Crippen LogP contribution is -2.20. The van der Waals surface area contributed by atoms with Crippen LogP contribution in [0.1, 0.15) is 16.7 Å². The van der Waals surface area contributed by atoms with Crippen molar-refractivity contribution in [1.82, 2.24) is 0 Å². The lowest BCUT2D eigenvalue weighted by molar-refractivity contribution is -0.118. The normalized spacial score (nSPS) is 10.3. The summed E-state index contributed by atoms with van der Waals surface area (Å²) < 4.78 is 5.47. The lowest BCUT2D eigenvalue weighted by Gasteiger charge is -2.10. The van der Waals surface area contributed by atoms with E-state index in [1.807, 2.05) is 45.0 Å². The van der Waals surface area contributed by atoms with Gasteiger partial charge in [-0.2, -0.15) is 0 Å². The fraction of sp³-hybridized carbons (Fsp3) is 0.235. The predicted molar refractivity (Wildman–Crippen MR) is 86.2 cm³/mol. The summed E-state index contributed by atoms with van der Waals surface area (Å²) in [5.41, 5.74) is 4.02. The quantitative estimate of drug-likeness (QED) is 0.915. The van der Waals surface area contributed by atoms with Crippen molar-refractivity contribution in [2.45, 2.75) is 20.8 Å². The molecule has 3 nitrogen and oxygen atoms in total. The van der Waals surface area contributed by atoms with E-state index in [0.717, 1.165) is 22.4 Å². The molecule has 4 heteroatoms. The van der Waals surface area contributed by atoms with Gasteiger partial charge in [0.2, 0.25) is 0 Å². The minimum atomic E-state index is -0.211. The second kappa shape index (κ2) is 6.64. The van der Waals surface area contributed by atoms with Gasteiger partial charge in [-0.05, 0) is 61.7 Å². The Kier molecular flexibility index (Phi) is 4.86. The maximum Gasteiger partial charge on any atom is 0.262 e. The molecule has 2 aromatic carbocycles. The number of nitrogens with one attached hydrogen (secondary N) is 1. The number of rotatable bonds is 4. The fourth-order valence-electron chi connectivity index (χ4n) is 2.11. The number of ether oxygens (including phenoxy) is 1. The zero-order chi connectivity index (χ0) is 15.4. The molecule has 110 valence electrons. The third-order valence-electron chi connectivity index (χ3n) is 2.95. The molecule has 0 aliphatic carbocycles. The Hall–Kier alpha value is -2.00. The molecule has 0 aromatic heterocycles. The topological polar surface area (TPSA) is 38.3 Å².